The van der Waals surface area contributed by atoms with Crippen LogP contribution in [0.2, 0.25) is 0 Å². The number of ether oxygens (including phenoxy) is 3. The molecule has 1 aromatic rings. The lowest BCUT2D eigenvalue weighted by Gasteiger charge is -2.34. The first kappa shape index (κ1) is 20.0. The second kappa shape index (κ2) is 8.09. The summed E-state index contributed by atoms with van der Waals surface area (Å²) in [5.74, 6) is 0.310. The van der Waals surface area contributed by atoms with Crippen molar-refractivity contribution in [1.29, 1.82) is 0 Å². The van der Waals surface area contributed by atoms with Crippen LogP contribution >= 0.6 is 0 Å². The van der Waals surface area contributed by atoms with E-state index in [9.17, 15) is 9.59 Å². The van der Waals surface area contributed by atoms with Gasteiger partial charge in [-0.1, -0.05) is 6.07 Å². The van der Waals surface area contributed by atoms with Crippen LogP contribution in [0.4, 0.5) is 0 Å². The van der Waals surface area contributed by atoms with Gasteiger partial charge in [-0.3, -0.25) is 4.79 Å². The van der Waals surface area contributed by atoms with Crippen LogP contribution in [0.3, 0.4) is 0 Å². The lowest BCUT2D eigenvalue weighted by molar-refractivity contribution is -0.143. The molecule has 1 aliphatic heterocycles. The van der Waals surface area contributed by atoms with Crippen LogP contribution in [-0.2, 0) is 14.3 Å². The third kappa shape index (κ3) is 3.63. The monoisotopic (exact) mass is 385 g/mol. The number of esters is 1. The standard InChI is InChI=1S/C22H27NO5/c1-12(2)28-22(25)19-13(3)23-15-7-6-8-16(24)21(15)20(19)14-9-10-17(26-4)18(11-14)27-5/h9-12,20,23H,6-8H2,1-5H3/t20-/m1/s1. The van der Waals surface area contributed by atoms with Crippen LogP contribution in [0.1, 0.15) is 51.5 Å². The molecule has 1 atom stereocenters. The zero-order chi connectivity index (χ0) is 20.4. The smallest absolute Gasteiger partial charge is 0.337 e. The molecule has 1 N–H and O–H groups in total. The SMILES string of the molecule is COc1ccc([C@@H]2C(C(=O)OC(C)C)=C(C)NC3=C2C(=O)CCC3)cc1OC. The number of methoxy groups -OCH3 is 2. The lowest BCUT2D eigenvalue weighted by atomic mass is 9.75. The van der Waals surface area contributed by atoms with E-state index in [0.717, 1.165) is 29.8 Å². The van der Waals surface area contributed by atoms with Crippen LogP contribution in [0.25, 0.3) is 0 Å². The molecule has 2 aliphatic rings. The normalized spacial score (nSPS) is 19.4. The Hall–Kier alpha value is -2.76. The Morgan fingerprint density at radius 2 is 1.86 bits per heavy atom. The molecule has 0 bridgehead atoms. The quantitative estimate of drug-likeness (QED) is 0.781. The number of dihydropyridines is 1. The van der Waals surface area contributed by atoms with Crippen LogP contribution < -0.4 is 14.8 Å². The van der Waals surface area contributed by atoms with Crippen molar-refractivity contribution in [2.24, 2.45) is 0 Å². The summed E-state index contributed by atoms with van der Waals surface area (Å²) in [5.41, 5.74) is 3.54. The van der Waals surface area contributed by atoms with Gasteiger partial charge in [0.2, 0.25) is 0 Å². The third-order valence-electron chi connectivity index (χ3n) is 5.08. The Labute approximate surface area is 165 Å². The number of nitrogens with one attached hydrogen (secondary N) is 1. The zero-order valence-electron chi connectivity index (χ0n) is 17.0. The molecule has 6 nitrogen and oxygen atoms in total. The number of hydrogen-bond donors (Lipinski definition) is 1. The maximum absolute atomic E-state index is 13.0. The fourth-order valence-corrected chi connectivity index (χ4v) is 3.90. The van der Waals surface area contributed by atoms with E-state index in [1.54, 1.807) is 20.3 Å². The van der Waals surface area contributed by atoms with Gasteiger partial charge in [0.15, 0.2) is 17.3 Å². The first-order valence-corrected chi connectivity index (χ1v) is 9.54. The van der Waals surface area contributed by atoms with Gasteiger partial charge in [-0.15, -0.1) is 0 Å². The minimum absolute atomic E-state index is 0.0656. The molecule has 0 saturated heterocycles. The van der Waals surface area contributed by atoms with Crippen LogP contribution in [0.5, 0.6) is 11.5 Å². The van der Waals surface area contributed by atoms with E-state index < -0.39 is 11.9 Å². The van der Waals surface area contributed by atoms with Crippen molar-refractivity contribution in [1.82, 2.24) is 5.32 Å². The van der Waals surface area contributed by atoms with Crippen molar-refractivity contribution in [3.63, 3.8) is 0 Å². The molecule has 0 unspecified atom stereocenters. The summed E-state index contributed by atoms with van der Waals surface area (Å²) in [5, 5.41) is 3.29. The largest absolute Gasteiger partial charge is 0.493 e. The molecule has 0 amide bonds. The summed E-state index contributed by atoms with van der Waals surface area (Å²) in [6.45, 7) is 5.48. The Bertz CT molecular complexity index is 866. The highest BCUT2D eigenvalue weighted by molar-refractivity contribution is 6.03. The molecule has 0 aromatic heterocycles. The molecule has 28 heavy (non-hydrogen) atoms. The minimum Gasteiger partial charge on any atom is -0.493 e. The molecule has 0 saturated carbocycles. The fraction of sp³-hybridized carbons (Fsp3) is 0.455. The van der Waals surface area contributed by atoms with Gasteiger partial charge < -0.3 is 19.5 Å². The van der Waals surface area contributed by atoms with E-state index in [0.29, 0.717) is 29.1 Å². The third-order valence-corrected chi connectivity index (χ3v) is 5.08. The van der Waals surface area contributed by atoms with Crippen molar-refractivity contribution >= 4 is 11.8 Å². The molecule has 0 radical (unpaired) electrons. The second-order valence-corrected chi connectivity index (χ2v) is 7.33. The van der Waals surface area contributed by atoms with Crippen molar-refractivity contribution in [2.45, 2.75) is 52.1 Å². The van der Waals surface area contributed by atoms with E-state index in [1.807, 2.05) is 32.9 Å². The van der Waals surface area contributed by atoms with Gasteiger partial charge >= 0.3 is 5.97 Å². The first-order chi connectivity index (χ1) is 13.4. The molecule has 6 heteroatoms. The summed E-state index contributed by atoms with van der Waals surface area (Å²) in [7, 11) is 3.14. The first-order valence-electron chi connectivity index (χ1n) is 9.54. The van der Waals surface area contributed by atoms with E-state index in [2.05, 4.69) is 5.32 Å². The van der Waals surface area contributed by atoms with E-state index in [1.165, 1.54) is 0 Å². The van der Waals surface area contributed by atoms with Crippen LogP contribution in [0.15, 0.2) is 40.7 Å². The number of hydrogen-bond acceptors (Lipinski definition) is 6. The van der Waals surface area contributed by atoms with E-state index in [-0.39, 0.29) is 11.9 Å². The van der Waals surface area contributed by atoms with Gasteiger partial charge in [0.1, 0.15) is 0 Å². The molecule has 1 aromatic carbocycles. The van der Waals surface area contributed by atoms with Crippen molar-refractivity contribution < 1.29 is 23.8 Å². The molecule has 1 heterocycles. The summed E-state index contributed by atoms with van der Waals surface area (Å²) in [6.07, 6.45) is 1.82. The highest BCUT2D eigenvalue weighted by Crippen LogP contribution is 2.44. The number of benzene rings is 1. The van der Waals surface area contributed by atoms with Gasteiger partial charge in [0.05, 0.1) is 25.9 Å². The number of carbonyl (C=O) groups excluding carboxylic acids is 2. The number of allylic oxidation sites excluding steroid dienone is 3. The van der Waals surface area contributed by atoms with Crippen LogP contribution in [0, 0.1) is 0 Å². The number of ketones is 1. The molecule has 0 spiro atoms. The lowest BCUT2D eigenvalue weighted by Crippen LogP contribution is -2.35. The highest BCUT2D eigenvalue weighted by Gasteiger charge is 2.39. The molecule has 150 valence electrons. The second-order valence-electron chi connectivity index (χ2n) is 7.33. The van der Waals surface area contributed by atoms with Gasteiger partial charge in [0, 0.05) is 29.3 Å². The van der Waals surface area contributed by atoms with Gasteiger partial charge in [-0.25, -0.2) is 4.79 Å². The van der Waals surface area contributed by atoms with Gasteiger partial charge in [0.25, 0.3) is 0 Å². The molecular weight excluding hydrogens is 358 g/mol. The van der Waals surface area contributed by atoms with Crippen molar-refractivity contribution in [3.8, 4) is 11.5 Å². The van der Waals surface area contributed by atoms with Crippen LogP contribution in [-0.4, -0.2) is 32.1 Å². The minimum atomic E-state index is -0.491. The number of carbonyl (C=O) groups is 2. The van der Waals surface area contributed by atoms with Crippen molar-refractivity contribution in [3.05, 3.63) is 46.3 Å². The fourth-order valence-electron chi connectivity index (χ4n) is 3.90. The Morgan fingerprint density at radius 1 is 1.14 bits per heavy atom. The van der Waals surface area contributed by atoms with Gasteiger partial charge in [-0.05, 0) is 51.3 Å². The predicted molar refractivity (Wildman–Crippen MR) is 105 cm³/mol. The number of Topliss-reactive ketones (excluding diaryl/α,β-unsaturated/α-hetero) is 1. The average Bonchev–Trinajstić information content (AvgIpc) is 2.65. The van der Waals surface area contributed by atoms with E-state index in [4.69, 9.17) is 14.2 Å². The summed E-state index contributed by atoms with van der Waals surface area (Å²) in [4.78, 5) is 25.8. The summed E-state index contributed by atoms with van der Waals surface area (Å²) >= 11 is 0. The van der Waals surface area contributed by atoms with Gasteiger partial charge in [-0.2, -0.15) is 0 Å². The topological polar surface area (TPSA) is 73.9 Å². The highest BCUT2D eigenvalue weighted by atomic mass is 16.5. The number of rotatable bonds is 5. The predicted octanol–water partition coefficient (Wildman–Crippen LogP) is 3.62. The summed E-state index contributed by atoms with van der Waals surface area (Å²) < 4.78 is 16.3. The molecule has 0 fully saturated rings. The van der Waals surface area contributed by atoms with Crippen molar-refractivity contribution in [2.75, 3.05) is 14.2 Å². The Balaban J connectivity index is 2.17. The average molecular weight is 385 g/mol. The zero-order valence-corrected chi connectivity index (χ0v) is 17.0. The summed E-state index contributed by atoms with van der Waals surface area (Å²) in [6, 6.07) is 5.50. The molecule has 3 rings (SSSR count). The maximum Gasteiger partial charge on any atom is 0.337 e. The Kier molecular flexibility index (Phi) is 5.77. The Morgan fingerprint density at radius 3 is 2.50 bits per heavy atom. The van der Waals surface area contributed by atoms with E-state index >= 15 is 0 Å². The molecular formula is C22H27NO5. The maximum atomic E-state index is 13.0. The molecule has 1 aliphatic carbocycles.